The van der Waals surface area contributed by atoms with Crippen LogP contribution in [-0.4, -0.2) is 17.3 Å². The summed E-state index contributed by atoms with van der Waals surface area (Å²) in [5.41, 5.74) is 7.08. The number of hydrogen-bond acceptors (Lipinski definition) is 5. The molecule has 0 saturated carbocycles. The van der Waals surface area contributed by atoms with Gasteiger partial charge in [-0.05, 0) is 63.4 Å². The highest BCUT2D eigenvalue weighted by atomic mass is 127. The van der Waals surface area contributed by atoms with E-state index in [0.717, 1.165) is 12.7 Å². The highest BCUT2D eigenvalue weighted by molar-refractivity contribution is 14.1. The van der Waals surface area contributed by atoms with Gasteiger partial charge >= 0.3 is 0 Å². The molecule has 0 fully saturated rings. The minimum absolute atomic E-state index is 0.0721. The van der Waals surface area contributed by atoms with E-state index in [-0.39, 0.29) is 17.0 Å². The summed E-state index contributed by atoms with van der Waals surface area (Å²) in [5.74, 6) is 0.739. The van der Waals surface area contributed by atoms with Gasteiger partial charge in [0.1, 0.15) is 23.5 Å². The molecule has 0 bridgehead atoms. The number of rotatable bonds is 3. The fourth-order valence-corrected chi connectivity index (χ4v) is 3.99. The summed E-state index contributed by atoms with van der Waals surface area (Å²) in [7, 11) is 1.57. The maximum absolute atomic E-state index is 9.41. The van der Waals surface area contributed by atoms with Crippen molar-refractivity contribution in [3.63, 3.8) is 0 Å². The number of anilines is 1. The normalized spacial score (nSPS) is 10.9. The number of nitriles is 2. The van der Waals surface area contributed by atoms with E-state index in [1.165, 1.54) is 0 Å². The van der Waals surface area contributed by atoms with Gasteiger partial charge in [-0.25, -0.2) is 0 Å². The quantitative estimate of drug-likeness (QED) is 0.481. The van der Waals surface area contributed by atoms with E-state index >= 15 is 0 Å². The minimum Gasteiger partial charge on any atom is -0.495 e. The molecule has 1 heterocycles. The summed E-state index contributed by atoms with van der Waals surface area (Å²) in [6, 6.07) is 7.88. The highest BCUT2D eigenvalue weighted by Gasteiger charge is 2.16. The number of nitrogens with one attached hydrogen (secondary N) is 1. The average Bonchev–Trinajstić information content (AvgIpc) is 2.85. The Morgan fingerprint density at radius 2 is 2.14 bits per heavy atom. The van der Waals surface area contributed by atoms with E-state index in [2.05, 4.69) is 61.4 Å². The summed E-state index contributed by atoms with van der Waals surface area (Å²) in [5, 5.41) is 25.0. The predicted molar refractivity (Wildman–Crippen MR) is 99.6 cm³/mol. The Labute approximate surface area is 154 Å². The van der Waals surface area contributed by atoms with Gasteiger partial charge in [0.25, 0.3) is 0 Å². The second-order valence-electron chi connectivity index (χ2n) is 4.15. The second kappa shape index (κ2) is 6.98. The number of nitrogens with two attached hydrogens (primary N) is 1. The van der Waals surface area contributed by atoms with Crippen molar-refractivity contribution in [2.45, 2.75) is 0 Å². The lowest BCUT2D eigenvalue weighted by atomic mass is 10.1. The number of halogens is 2. The van der Waals surface area contributed by atoms with Gasteiger partial charge < -0.3 is 10.5 Å². The van der Waals surface area contributed by atoms with Gasteiger partial charge in [-0.1, -0.05) is 0 Å². The van der Waals surface area contributed by atoms with Gasteiger partial charge in [0.2, 0.25) is 0 Å². The van der Waals surface area contributed by atoms with Gasteiger partial charge in [-0.15, -0.1) is 0 Å². The van der Waals surface area contributed by atoms with Crippen LogP contribution in [0.1, 0.15) is 16.8 Å². The number of methoxy groups -OCH3 is 1. The van der Waals surface area contributed by atoms with Crippen LogP contribution in [-0.2, 0) is 0 Å². The van der Waals surface area contributed by atoms with Crippen LogP contribution in [0.25, 0.3) is 11.6 Å². The van der Waals surface area contributed by atoms with Crippen LogP contribution in [0.4, 0.5) is 5.82 Å². The van der Waals surface area contributed by atoms with Crippen molar-refractivity contribution < 1.29 is 4.74 Å². The Morgan fingerprint density at radius 3 is 2.73 bits per heavy atom. The second-order valence-corrected chi connectivity index (χ2v) is 6.56. The van der Waals surface area contributed by atoms with Crippen LogP contribution >= 0.6 is 45.2 Å². The predicted octanol–water partition coefficient (Wildman–Crippen LogP) is 3.15. The molecule has 3 N–H and O–H groups in total. The zero-order valence-electron chi connectivity index (χ0n) is 11.3. The Bertz CT molecular complexity index is 842. The van der Waals surface area contributed by atoms with E-state index in [4.69, 9.17) is 15.7 Å². The molecule has 1 aromatic heterocycles. The standard InChI is InChI=1S/C14H9I2N5O/c1-22-13-7(3-9(15)4-11(13)16)2-8(5-17)12-10(6-18)14(19)21-20-12/h2-4H,1H3,(H3,19,20,21). The number of allylic oxidation sites excluding steroid dienone is 1. The molecule has 1 aromatic carbocycles. The Hall–Kier alpha value is -1.79. The molecule has 0 unspecified atom stereocenters. The van der Waals surface area contributed by atoms with E-state index < -0.39 is 0 Å². The summed E-state index contributed by atoms with van der Waals surface area (Å²) in [4.78, 5) is 0. The molecule has 0 aliphatic rings. The molecule has 0 saturated heterocycles. The largest absolute Gasteiger partial charge is 0.495 e. The zero-order valence-corrected chi connectivity index (χ0v) is 15.6. The van der Waals surface area contributed by atoms with Crippen molar-refractivity contribution in [1.29, 1.82) is 10.5 Å². The van der Waals surface area contributed by atoms with Crippen molar-refractivity contribution in [1.82, 2.24) is 10.2 Å². The van der Waals surface area contributed by atoms with Crippen molar-refractivity contribution >= 4 is 62.6 Å². The Morgan fingerprint density at radius 1 is 1.41 bits per heavy atom. The first kappa shape index (κ1) is 16.6. The monoisotopic (exact) mass is 517 g/mol. The molecule has 0 radical (unpaired) electrons. The number of aromatic nitrogens is 2. The number of H-pyrrole nitrogens is 1. The van der Waals surface area contributed by atoms with E-state index in [0.29, 0.717) is 11.4 Å². The number of hydrogen-bond donors (Lipinski definition) is 2. The molecule has 0 atom stereocenters. The SMILES string of the molecule is COc1c(I)cc(I)cc1C=C(C#N)c1[nH]nc(N)c1C#N. The lowest BCUT2D eigenvalue weighted by molar-refractivity contribution is 0.411. The van der Waals surface area contributed by atoms with Crippen molar-refractivity contribution in [2.24, 2.45) is 0 Å². The topological polar surface area (TPSA) is 112 Å². The zero-order chi connectivity index (χ0) is 16.3. The van der Waals surface area contributed by atoms with Crippen LogP contribution in [0.5, 0.6) is 5.75 Å². The minimum atomic E-state index is 0.0721. The first-order valence-corrected chi connectivity index (χ1v) is 8.06. The van der Waals surface area contributed by atoms with Crippen molar-refractivity contribution in [3.8, 4) is 17.9 Å². The third kappa shape index (κ3) is 3.18. The Kier molecular flexibility index (Phi) is 5.26. The fraction of sp³-hybridized carbons (Fsp3) is 0.0714. The maximum Gasteiger partial charge on any atom is 0.163 e. The van der Waals surface area contributed by atoms with E-state index in [9.17, 15) is 5.26 Å². The third-order valence-corrected chi connectivity index (χ3v) is 4.26. The van der Waals surface area contributed by atoms with Gasteiger partial charge in [-0.3, -0.25) is 5.10 Å². The van der Waals surface area contributed by atoms with Gasteiger partial charge in [0.15, 0.2) is 5.82 Å². The molecule has 6 nitrogen and oxygen atoms in total. The average molecular weight is 517 g/mol. The van der Waals surface area contributed by atoms with E-state index in [1.54, 1.807) is 13.2 Å². The smallest absolute Gasteiger partial charge is 0.163 e. The van der Waals surface area contributed by atoms with Crippen molar-refractivity contribution in [2.75, 3.05) is 12.8 Å². The summed E-state index contributed by atoms with van der Waals surface area (Å²) in [6.07, 6.45) is 1.65. The van der Waals surface area contributed by atoms with Gasteiger partial charge in [0.05, 0.1) is 21.9 Å². The molecule has 22 heavy (non-hydrogen) atoms. The lowest BCUT2D eigenvalue weighted by Crippen LogP contribution is -1.94. The van der Waals surface area contributed by atoms with Crippen LogP contribution < -0.4 is 10.5 Å². The lowest BCUT2D eigenvalue weighted by Gasteiger charge is -2.09. The van der Waals surface area contributed by atoms with Crippen LogP contribution in [0, 0.1) is 29.8 Å². The van der Waals surface area contributed by atoms with Gasteiger partial charge in [-0.2, -0.15) is 15.6 Å². The van der Waals surface area contributed by atoms with Crippen LogP contribution in [0.3, 0.4) is 0 Å². The molecule has 2 aromatic rings. The maximum atomic E-state index is 9.41. The number of aromatic amines is 1. The number of benzene rings is 1. The molecule has 0 spiro atoms. The Balaban J connectivity index is 2.65. The number of nitrogens with zero attached hydrogens (tertiary/aromatic N) is 3. The van der Waals surface area contributed by atoms with Gasteiger partial charge in [0, 0.05) is 9.13 Å². The summed E-state index contributed by atoms with van der Waals surface area (Å²) < 4.78 is 7.33. The molecule has 0 aliphatic heterocycles. The number of ether oxygens (including phenoxy) is 1. The molecular formula is C14H9I2N5O. The van der Waals surface area contributed by atoms with Crippen LogP contribution in [0.2, 0.25) is 0 Å². The summed E-state index contributed by atoms with van der Waals surface area (Å²) >= 11 is 4.36. The summed E-state index contributed by atoms with van der Waals surface area (Å²) in [6.45, 7) is 0. The number of nitrogen functional groups attached to an aromatic ring is 1. The van der Waals surface area contributed by atoms with Crippen molar-refractivity contribution in [3.05, 3.63) is 36.1 Å². The molecular weight excluding hydrogens is 508 g/mol. The molecule has 0 aliphatic carbocycles. The fourth-order valence-electron chi connectivity index (χ4n) is 1.88. The third-order valence-electron chi connectivity index (χ3n) is 2.84. The molecule has 8 heteroatoms. The molecule has 110 valence electrons. The highest BCUT2D eigenvalue weighted by Crippen LogP contribution is 2.31. The molecule has 2 rings (SSSR count). The first-order chi connectivity index (χ1) is 10.5. The van der Waals surface area contributed by atoms with E-state index in [1.807, 2.05) is 18.2 Å². The van der Waals surface area contributed by atoms with Crippen LogP contribution in [0.15, 0.2) is 12.1 Å². The first-order valence-electron chi connectivity index (χ1n) is 5.91. The molecule has 0 amide bonds.